The van der Waals surface area contributed by atoms with Crippen LogP contribution in [0.1, 0.15) is 19.8 Å². The van der Waals surface area contributed by atoms with E-state index < -0.39 is 10.0 Å². The number of nitrogens with one attached hydrogen (secondary N) is 1. The van der Waals surface area contributed by atoms with Gasteiger partial charge >= 0.3 is 0 Å². The largest absolute Gasteiger partial charge is 0.360 e. The molecule has 1 amide bonds. The van der Waals surface area contributed by atoms with Crippen molar-refractivity contribution in [3.63, 3.8) is 0 Å². The fraction of sp³-hybridized carbons (Fsp3) is 0.692. The molecule has 9 heteroatoms. The summed E-state index contributed by atoms with van der Waals surface area (Å²) in [6, 6.07) is 0. The fourth-order valence-corrected chi connectivity index (χ4v) is 3.25. The lowest BCUT2D eigenvalue weighted by Crippen LogP contribution is -2.40. The van der Waals surface area contributed by atoms with Crippen LogP contribution in [0, 0.1) is 5.92 Å². The van der Waals surface area contributed by atoms with Gasteiger partial charge in [0.2, 0.25) is 15.9 Å². The number of rotatable bonds is 6. The van der Waals surface area contributed by atoms with E-state index in [0.29, 0.717) is 45.0 Å². The molecular weight excluding hydrogens is 308 g/mol. The van der Waals surface area contributed by atoms with Crippen LogP contribution in [0.3, 0.4) is 0 Å². The number of amides is 1. The quantitative estimate of drug-likeness (QED) is 0.819. The molecule has 1 fully saturated rings. The summed E-state index contributed by atoms with van der Waals surface area (Å²) in [5.74, 6) is -0.266. The van der Waals surface area contributed by atoms with Crippen LogP contribution in [-0.2, 0) is 26.3 Å². The second kappa shape index (κ2) is 7.21. The summed E-state index contributed by atoms with van der Waals surface area (Å²) in [6.45, 7) is 3.62. The van der Waals surface area contributed by atoms with Gasteiger partial charge in [-0.05, 0) is 19.8 Å². The van der Waals surface area contributed by atoms with E-state index in [9.17, 15) is 13.2 Å². The zero-order valence-corrected chi connectivity index (χ0v) is 13.7. The summed E-state index contributed by atoms with van der Waals surface area (Å²) >= 11 is 0. The smallest absolute Gasteiger partial charge is 0.227 e. The van der Waals surface area contributed by atoms with Crippen LogP contribution in [0.15, 0.2) is 12.4 Å². The third-order valence-corrected chi connectivity index (χ3v) is 4.93. The summed E-state index contributed by atoms with van der Waals surface area (Å²) in [7, 11) is -3.17. The minimum atomic E-state index is -3.17. The Morgan fingerprint density at radius 2 is 2.14 bits per heavy atom. The van der Waals surface area contributed by atoms with E-state index in [0.717, 1.165) is 0 Å². The minimum absolute atomic E-state index is 0.0934. The van der Waals surface area contributed by atoms with E-state index in [1.165, 1.54) is 10.6 Å². The molecule has 0 atom stereocenters. The van der Waals surface area contributed by atoms with Gasteiger partial charge < -0.3 is 10.1 Å². The Labute approximate surface area is 130 Å². The highest BCUT2D eigenvalue weighted by molar-refractivity contribution is 7.88. The highest BCUT2D eigenvalue weighted by Gasteiger charge is 2.29. The molecular formula is C13H22N4O4S. The first kappa shape index (κ1) is 16.9. The predicted octanol–water partition coefficient (Wildman–Crippen LogP) is 0.487. The van der Waals surface area contributed by atoms with Crippen LogP contribution in [0.2, 0.25) is 0 Å². The lowest BCUT2D eigenvalue weighted by Gasteiger charge is -2.29. The molecule has 0 aromatic carbocycles. The van der Waals surface area contributed by atoms with Gasteiger partial charge in [0.25, 0.3) is 0 Å². The molecule has 1 saturated heterocycles. The SMILES string of the molecule is CCOCn1cc(NC(=O)C2CCN(S(C)(=O)=O)CC2)cn1. The van der Waals surface area contributed by atoms with Crippen molar-refractivity contribution in [2.24, 2.45) is 5.92 Å². The Morgan fingerprint density at radius 1 is 1.45 bits per heavy atom. The number of anilines is 1. The van der Waals surface area contributed by atoms with Crippen LogP contribution >= 0.6 is 0 Å². The molecule has 124 valence electrons. The van der Waals surface area contributed by atoms with E-state index in [1.54, 1.807) is 17.1 Å². The molecule has 2 rings (SSSR count). The second-order valence-electron chi connectivity index (χ2n) is 5.32. The maximum Gasteiger partial charge on any atom is 0.227 e. The van der Waals surface area contributed by atoms with E-state index in [-0.39, 0.29) is 11.8 Å². The summed E-state index contributed by atoms with van der Waals surface area (Å²) in [6.07, 6.45) is 5.54. The Balaban J connectivity index is 1.84. The van der Waals surface area contributed by atoms with Gasteiger partial charge in [-0.1, -0.05) is 0 Å². The molecule has 0 saturated carbocycles. The fourth-order valence-electron chi connectivity index (χ4n) is 2.38. The Morgan fingerprint density at radius 3 is 2.73 bits per heavy atom. The number of piperidine rings is 1. The second-order valence-corrected chi connectivity index (χ2v) is 7.30. The number of carbonyl (C=O) groups excluding carboxylic acids is 1. The number of ether oxygens (including phenoxy) is 1. The van der Waals surface area contributed by atoms with Gasteiger partial charge in [-0.15, -0.1) is 0 Å². The first-order chi connectivity index (χ1) is 10.4. The van der Waals surface area contributed by atoms with Crippen molar-refractivity contribution in [2.75, 3.05) is 31.3 Å². The monoisotopic (exact) mass is 330 g/mol. The summed E-state index contributed by atoms with van der Waals surface area (Å²) in [5.41, 5.74) is 0.621. The van der Waals surface area contributed by atoms with Crippen LogP contribution in [0.5, 0.6) is 0 Å². The molecule has 0 unspecified atom stereocenters. The van der Waals surface area contributed by atoms with E-state index in [1.807, 2.05) is 6.92 Å². The summed E-state index contributed by atoms with van der Waals surface area (Å²) < 4.78 is 31.1. The standard InChI is InChI=1S/C13H22N4O4S/c1-3-21-10-16-9-12(8-14-16)15-13(18)11-4-6-17(7-5-11)22(2,19)20/h8-9,11H,3-7,10H2,1-2H3,(H,15,18). The van der Waals surface area contributed by atoms with Gasteiger partial charge in [-0.3, -0.25) is 4.79 Å². The van der Waals surface area contributed by atoms with E-state index >= 15 is 0 Å². The van der Waals surface area contributed by atoms with Crippen molar-refractivity contribution in [3.8, 4) is 0 Å². The molecule has 1 aliphatic heterocycles. The minimum Gasteiger partial charge on any atom is -0.360 e. The average molecular weight is 330 g/mol. The van der Waals surface area contributed by atoms with Crippen LogP contribution < -0.4 is 5.32 Å². The molecule has 1 N–H and O–H groups in total. The number of aromatic nitrogens is 2. The van der Waals surface area contributed by atoms with E-state index in [2.05, 4.69) is 10.4 Å². The van der Waals surface area contributed by atoms with Crippen LogP contribution in [0.4, 0.5) is 5.69 Å². The molecule has 0 radical (unpaired) electrons. The average Bonchev–Trinajstić information content (AvgIpc) is 2.92. The number of carbonyl (C=O) groups is 1. The molecule has 22 heavy (non-hydrogen) atoms. The number of hydrogen-bond donors (Lipinski definition) is 1. The highest BCUT2D eigenvalue weighted by Crippen LogP contribution is 2.20. The number of nitrogens with zero attached hydrogens (tertiary/aromatic N) is 3. The van der Waals surface area contributed by atoms with Gasteiger partial charge in [0, 0.05) is 25.6 Å². The Bertz CT molecular complexity index is 605. The highest BCUT2D eigenvalue weighted by atomic mass is 32.2. The van der Waals surface area contributed by atoms with Crippen LogP contribution in [0.25, 0.3) is 0 Å². The van der Waals surface area contributed by atoms with Crippen molar-refractivity contribution < 1.29 is 17.9 Å². The van der Waals surface area contributed by atoms with Gasteiger partial charge in [-0.2, -0.15) is 5.10 Å². The molecule has 1 aromatic rings. The van der Waals surface area contributed by atoms with Crippen molar-refractivity contribution in [1.29, 1.82) is 0 Å². The number of sulfonamides is 1. The van der Waals surface area contributed by atoms with Gasteiger partial charge in [0.15, 0.2) is 0 Å². The van der Waals surface area contributed by atoms with Gasteiger partial charge in [-0.25, -0.2) is 17.4 Å². The van der Waals surface area contributed by atoms with E-state index in [4.69, 9.17) is 4.74 Å². The van der Waals surface area contributed by atoms with Gasteiger partial charge in [0.05, 0.1) is 24.3 Å². The maximum atomic E-state index is 12.2. The summed E-state index contributed by atoms with van der Waals surface area (Å²) in [4.78, 5) is 12.2. The van der Waals surface area contributed by atoms with Crippen LogP contribution in [-0.4, -0.2) is 54.4 Å². The van der Waals surface area contributed by atoms with Crippen molar-refractivity contribution in [3.05, 3.63) is 12.4 Å². The van der Waals surface area contributed by atoms with Crippen molar-refractivity contribution in [1.82, 2.24) is 14.1 Å². The van der Waals surface area contributed by atoms with Gasteiger partial charge in [0.1, 0.15) is 6.73 Å². The number of hydrogen-bond acceptors (Lipinski definition) is 5. The first-order valence-electron chi connectivity index (χ1n) is 7.26. The molecule has 0 aliphatic carbocycles. The Hall–Kier alpha value is -1.45. The molecule has 8 nitrogen and oxygen atoms in total. The molecule has 1 aliphatic rings. The lowest BCUT2D eigenvalue weighted by molar-refractivity contribution is -0.120. The molecule has 1 aromatic heterocycles. The van der Waals surface area contributed by atoms with Crippen molar-refractivity contribution in [2.45, 2.75) is 26.5 Å². The topological polar surface area (TPSA) is 93.5 Å². The third kappa shape index (κ3) is 4.52. The first-order valence-corrected chi connectivity index (χ1v) is 9.11. The zero-order chi connectivity index (χ0) is 16.2. The summed E-state index contributed by atoms with van der Waals surface area (Å²) in [5, 5.41) is 6.90. The normalized spacial score (nSPS) is 17.5. The maximum absolute atomic E-state index is 12.2. The molecule has 0 bridgehead atoms. The Kier molecular flexibility index (Phi) is 5.54. The zero-order valence-electron chi connectivity index (χ0n) is 12.9. The van der Waals surface area contributed by atoms with Crippen molar-refractivity contribution >= 4 is 21.6 Å². The molecule has 2 heterocycles. The third-order valence-electron chi connectivity index (χ3n) is 3.62. The lowest BCUT2D eigenvalue weighted by atomic mass is 9.97. The molecule has 0 spiro atoms. The predicted molar refractivity (Wildman–Crippen MR) is 81.6 cm³/mol.